The van der Waals surface area contributed by atoms with Crippen LogP contribution in [-0.2, 0) is 4.79 Å². The summed E-state index contributed by atoms with van der Waals surface area (Å²) in [5, 5.41) is 9.85. The molecule has 0 aliphatic heterocycles. The van der Waals surface area contributed by atoms with E-state index in [1.165, 1.54) is 18.2 Å². The number of aliphatic carboxylic acids is 1. The lowest BCUT2D eigenvalue weighted by molar-refractivity contribution is -0.137. The number of ether oxygens (including phenoxy) is 1. The average Bonchev–Trinajstić information content (AvgIpc) is 2.95. The van der Waals surface area contributed by atoms with Crippen molar-refractivity contribution in [3.05, 3.63) is 54.2 Å². The molecule has 2 aromatic carbocycles. The Kier molecular flexibility index (Phi) is 5.00. The lowest BCUT2D eigenvalue weighted by Crippen LogP contribution is -2.10. The predicted octanol–water partition coefficient (Wildman–Crippen LogP) is 3.65. The topological polar surface area (TPSA) is 51.5 Å². The summed E-state index contributed by atoms with van der Waals surface area (Å²) in [4.78, 5) is 10.5. The first-order valence-electron chi connectivity index (χ1n) is 7.66. The number of halogens is 2. The number of hydrogen-bond acceptors (Lipinski definition) is 2. The lowest BCUT2D eigenvalue weighted by Gasteiger charge is -2.13. The molecule has 0 aliphatic carbocycles. The van der Waals surface area contributed by atoms with Gasteiger partial charge in [-0.1, -0.05) is 0 Å². The quantitative estimate of drug-likeness (QED) is 0.537. The molecule has 3 rings (SSSR count). The molecule has 4 nitrogen and oxygen atoms in total. The van der Waals surface area contributed by atoms with Crippen LogP contribution in [0, 0.1) is 11.6 Å². The Bertz CT molecular complexity index is 916. The summed E-state index contributed by atoms with van der Waals surface area (Å²) in [6, 6.07) is 9.25. The van der Waals surface area contributed by atoms with E-state index in [0.29, 0.717) is 17.4 Å². The fourth-order valence-corrected chi connectivity index (χ4v) is 3.02. The highest BCUT2D eigenvalue weighted by Gasteiger charge is 2.13. The summed E-state index contributed by atoms with van der Waals surface area (Å²) in [6.45, 7) is 0.121. The molecule has 3 aromatic rings. The molecule has 0 aliphatic rings. The number of aromatic nitrogens is 1. The molecule has 0 radical (unpaired) electrons. The van der Waals surface area contributed by atoms with Gasteiger partial charge in [-0.2, -0.15) is 0 Å². The van der Waals surface area contributed by atoms with Crippen LogP contribution in [0.15, 0.2) is 42.6 Å². The molecule has 1 unspecified atom stereocenters. The first kappa shape index (κ1) is 17.4. The summed E-state index contributed by atoms with van der Waals surface area (Å²) in [7, 11) is 2.42. The van der Waals surface area contributed by atoms with Crippen LogP contribution in [0.25, 0.3) is 16.6 Å². The number of nitrogens with zero attached hydrogens (tertiary/aromatic N) is 1. The van der Waals surface area contributed by atoms with Gasteiger partial charge in [0.05, 0.1) is 12.1 Å². The average molecular weight is 363 g/mol. The van der Waals surface area contributed by atoms with E-state index in [1.807, 2.05) is 0 Å². The summed E-state index contributed by atoms with van der Waals surface area (Å²) in [6.07, 6.45) is 2.02. The summed E-state index contributed by atoms with van der Waals surface area (Å²) >= 11 is 0. The molecule has 1 atom stereocenters. The maximum Gasteiger partial charge on any atom is 0.303 e. The molecule has 0 saturated carbocycles. The van der Waals surface area contributed by atoms with Gasteiger partial charge in [0.1, 0.15) is 5.82 Å². The zero-order chi connectivity index (χ0) is 18.0. The molecule has 1 N–H and O–H groups in total. The first-order valence-corrected chi connectivity index (χ1v) is 8.24. The molecule has 0 fully saturated rings. The molecule has 1 heterocycles. The van der Waals surface area contributed by atoms with E-state index < -0.39 is 11.8 Å². The van der Waals surface area contributed by atoms with E-state index in [2.05, 4.69) is 9.24 Å². The Hall–Kier alpha value is -2.46. The molecule has 0 saturated heterocycles. The third-order valence-electron chi connectivity index (χ3n) is 3.77. The Morgan fingerprint density at radius 3 is 2.72 bits per heavy atom. The van der Waals surface area contributed by atoms with Crippen LogP contribution < -0.4 is 10.0 Å². The van der Waals surface area contributed by atoms with E-state index in [9.17, 15) is 13.6 Å². The van der Waals surface area contributed by atoms with E-state index in [-0.39, 0.29) is 24.6 Å². The molecular formula is C18H16F2NO3P. The van der Waals surface area contributed by atoms with Gasteiger partial charge in [-0.15, -0.1) is 9.24 Å². The molecule has 1 aromatic heterocycles. The highest BCUT2D eigenvalue weighted by atomic mass is 31.0. The molecule has 7 heteroatoms. The van der Waals surface area contributed by atoms with Crippen molar-refractivity contribution in [2.45, 2.75) is 12.8 Å². The van der Waals surface area contributed by atoms with Crippen molar-refractivity contribution in [3.63, 3.8) is 0 Å². The number of rotatable bonds is 6. The number of carbonyl (C=O) groups is 1. The van der Waals surface area contributed by atoms with Gasteiger partial charge in [0.25, 0.3) is 0 Å². The second kappa shape index (κ2) is 7.19. The van der Waals surface area contributed by atoms with Crippen molar-refractivity contribution in [3.8, 4) is 11.4 Å². The van der Waals surface area contributed by atoms with Gasteiger partial charge in [-0.3, -0.25) is 4.79 Å². The fraction of sp³-hybridized carbons (Fsp3) is 0.167. The number of carboxylic acids is 1. The van der Waals surface area contributed by atoms with Gasteiger partial charge in [-0.05, 0) is 36.8 Å². The van der Waals surface area contributed by atoms with Crippen LogP contribution in [0.4, 0.5) is 8.78 Å². The van der Waals surface area contributed by atoms with E-state index >= 15 is 0 Å². The third-order valence-corrected chi connectivity index (χ3v) is 4.20. The van der Waals surface area contributed by atoms with Crippen LogP contribution in [0.3, 0.4) is 0 Å². The minimum Gasteiger partial charge on any atom is -0.490 e. The minimum atomic E-state index is -0.915. The highest BCUT2D eigenvalue weighted by molar-refractivity contribution is 7.27. The van der Waals surface area contributed by atoms with Gasteiger partial charge < -0.3 is 14.4 Å². The number of carboxylic acid groups (broad SMARTS) is 1. The van der Waals surface area contributed by atoms with E-state index in [0.717, 1.165) is 10.9 Å². The van der Waals surface area contributed by atoms with Crippen molar-refractivity contribution in [1.82, 2.24) is 4.57 Å². The smallest absolute Gasteiger partial charge is 0.303 e. The molecule has 0 bridgehead atoms. The molecular weight excluding hydrogens is 347 g/mol. The van der Waals surface area contributed by atoms with Crippen molar-refractivity contribution < 1.29 is 23.4 Å². The number of fused-ring (bicyclic) bond motifs is 1. The lowest BCUT2D eigenvalue weighted by atomic mass is 10.2. The monoisotopic (exact) mass is 363 g/mol. The van der Waals surface area contributed by atoms with Gasteiger partial charge in [0.2, 0.25) is 0 Å². The highest BCUT2D eigenvalue weighted by Crippen LogP contribution is 2.25. The Morgan fingerprint density at radius 2 is 2.00 bits per heavy atom. The van der Waals surface area contributed by atoms with Crippen LogP contribution in [-0.4, -0.2) is 22.2 Å². The molecule has 25 heavy (non-hydrogen) atoms. The fourth-order valence-electron chi connectivity index (χ4n) is 2.63. The van der Waals surface area contributed by atoms with Crippen molar-refractivity contribution in [1.29, 1.82) is 0 Å². The van der Waals surface area contributed by atoms with Gasteiger partial charge in [0.15, 0.2) is 11.6 Å². The Morgan fingerprint density at radius 1 is 1.20 bits per heavy atom. The summed E-state index contributed by atoms with van der Waals surface area (Å²) < 4.78 is 34.9. The maximum absolute atomic E-state index is 14.4. The first-order chi connectivity index (χ1) is 12.0. The number of benzene rings is 2. The van der Waals surface area contributed by atoms with Crippen molar-refractivity contribution in [2.24, 2.45) is 0 Å². The van der Waals surface area contributed by atoms with Gasteiger partial charge in [-0.25, -0.2) is 8.78 Å². The largest absolute Gasteiger partial charge is 0.490 e. The van der Waals surface area contributed by atoms with Crippen LogP contribution in [0.2, 0.25) is 0 Å². The maximum atomic E-state index is 14.4. The zero-order valence-electron chi connectivity index (χ0n) is 13.2. The van der Waals surface area contributed by atoms with Crippen molar-refractivity contribution >= 4 is 31.4 Å². The van der Waals surface area contributed by atoms with Crippen LogP contribution >= 0.6 is 9.24 Å². The normalized spacial score (nSPS) is 11.0. The Labute approximate surface area is 145 Å². The van der Waals surface area contributed by atoms with Gasteiger partial charge in [0, 0.05) is 35.1 Å². The molecule has 130 valence electrons. The number of hydrogen-bond donors (Lipinski definition) is 1. The predicted molar refractivity (Wildman–Crippen MR) is 94.9 cm³/mol. The van der Waals surface area contributed by atoms with Crippen LogP contribution in [0.5, 0.6) is 5.75 Å². The zero-order valence-corrected chi connectivity index (χ0v) is 14.4. The Balaban J connectivity index is 1.87. The standard InChI is InChI=1S/C18H16F2NO3P/c19-12-3-4-15-11(8-12)5-6-21(15)13-9-14(20)18(16(25)10-13)24-7-1-2-17(22)23/h3-6,8-10H,1-2,7,25H2,(H,22,23). The van der Waals surface area contributed by atoms with Crippen molar-refractivity contribution in [2.75, 3.05) is 6.61 Å². The second-order valence-corrected chi connectivity index (χ2v) is 6.20. The molecule has 0 spiro atoms. The molecule has 0 amide bonds. The minimum absolute atomic E-state index is 0.0300. The second-order valence-electron chi connectivity index (χ2n) is 5.58. The van der Waals surface area contributed by atoms with Gasteiger partial charge >= 0.3 is 5.97 Å². The summed E-state index contributed by atoms with van der Waals surface area (Å²) in [5.41, 5.74) is 1.35. The summed E-state index contributed by atoms with van der Waals surface area (Å²) in [5.74, 6) is -1.70. The van der Waals surface area contributed by atoms with Crippen LogP contribution in [0.1, 0.15) is 12.8 Å². The third kappa shape index (κ3) is 3.80. The van der Waals surface area contributed by atoms with E-state index in [1.54, 1.807) is 29.0 Å². The SMILES string of the molecule is O=C(O)CCCOc1c(F)cc(-n2ccc3cc(F)ccc32)cc1P. The van der Waals surface area contributed by atoms with E-state index in [4.69, 9.17) is 9.84 Å².